The molecule has 0 bridgehead atoms. The molecule has 9 heavy (non-hydrogen) atoms. The molecule has 58 valence electrons. The van der Waals surface area contributed by atoms with Gasteiger partial charge in [0.25, 0.3) is 0 Å². The first kappa shape index (κ1) is 13.7. The molecule has 0 nitrogen and oxygen atoms in total. The number of hydrogen-bond acceptors (Lipinski definition) is 2. The molecule has 0 aliphatic carbocycles. The Kier molecular flexibility index (Phi) is 19.4. The minimum atomic E-state index is 0. The molecule has 0 N–H and O–H groups in total. The summed E-state index contributed by atoms with van der Waals surface area (Å²) in [6.45, 7) is 0. The summed E-state index contributed by atoms with van der Waals surface area (Å²) in [5.41, 5.74) is 0. The van der Waals surface area contributed by atoms with E-state index in [9.17, 15) is 0 Å². The van der Waals surface area contributed by atoms with Crippen LogP contribution in [0.15, 0.2) is 0 Å². The zero-order chi connectivity index (χ0) is 6.24. The number of rotatable bonds is 0. The summed E-state index contributed by atoms with van der Waals surface area (Å²) in [4.78, 5) is 0. The smallest absolute Gasteiger partial charge is 0 e. The van der Waals surface area contributed by atoms with Crippen LogP contribution in [0.4, 0.5) is 0 Å². The Balaban J connectivity index is -0.000000245. The standard InChI is InChI=1S/S8.H2S.H2/c1-3-5-7-8-6-4-2;;/h;1H2;1H. The van der Waals surface area contributed by atoms with E-state index < -0.39 is 0 Å². The van der Waals surface area contributed by atoms with E-state index >= 15 is 0 Å². The van der Waals surface area contributed by atoms with E-state index in [2.05, 4.69) is 22.4 Å². The molecule has 0 amide bonds. The van der Waals surface area contributed by atoms with Gasteiger partial charge in [0.1, 0.15) is 0 Å². The predicted octanol–water partition coefficient (Wildman–Crippen LogP) is 0.340. The van der Waals surface area contributed by atoms with Crippen molar-refractivity contribution < 1.29 is 1.43 Å². The highest BCUT2D eigenvalue weighted by Crippen LogP contribution is 1.33. The van der Waals surface area contributed by atoms with Gasteiger partial charge in [-0.25, -0.2) is 0 Å². The highest BCUT2D eigenvalue weighted by Gasteiger charge is 1.33. The first-order valence-corrected chi connectivity index (χ1v) is 10.5. The van der Waals surface area contributed by atoms with Crippen LogP contribution in [0.1, 0.15) is 1.43 Å². The van der Waals surface area contributed by atoms with Crippen molar-refractivity contribution in [2.45, 2.75) is 0 Å². The third-order valence-electron chi connectivity index (χ3n) is 0.139. The minimum absolute atomic E-state index is 0. The summed E-state index contributed by atoms with van der Waals surface area (Å²) in [5.74, 6) is 0. The van der Waals surface area contributed by atoms with Gasteiger partial charge in [-0.15, -0.1) is 0 Å². The monoisotopic (exact) mass is 292 g/mol. The Morgan fingerprint density at radius 2 is 1.11 bits per heavy atom. The first-order chi connectivity index (χ1) is 3.91. The van der Waals surface area contributed by atoms with Crippen LogP contribution >= 0.6 is 13.5 Å². The fraction of sp³-hybridized carbons (Fsp3) is 0. The lowest BCUT2D eigenvalue weighted by Crippen LogP contribution is -1.33. The van der Waals surface area contributed by atoms with E-state index in [0.29, 0.717) is 0 Å². The molecular formula is H4S9. The van der Waals surface area contributed by atoms with Gasteiger partial charge in [-0.3, -0.25) is 0 Å². The molecule has 0 aliphatic heterocycles. The van der Waals surface area contributed by atoms with Gasteiger partial charge >= 0.3 is 0 Å². The van der Waals surface area contributed by atoms with Crippen molar-refractivity contribution in [1.82, 2.24) is 0 Å². The molecule has 0 radical (unpaired) electrons. The molecule has 0 rings (SSSR count). The van der Waals surface area contributed by atoms with E-state index in [1.165, 1.54) is 17.8 Å². The van der Waals surface area contributed by atoms with Gasteiger partial charge in [0.15, 0.2) is 0 Å². The third kappa shape index (κ3) is 13.2. The van der Waals surface area contributed by atoms with E-state index in [0.717, 1.165) is 0 Å². The topological polar surface area (TPSA) is 0 Å². The highest BCUT2D eigenvalue weighted by atomic mass is 33.4. The molecule has 0 fully saturated rings. The fourth-order valence-electron chi connectivity index (χ4n) is 0.0454. The van der Waals surface area contributed by atoms with Crippen LogP contribution in [0.2, 0.25) is 0 Å². The van der Waals surface area contributed by atoms with Crippen molar-refractivity contribution in [1.29, 1.82) is 0 Å². The largest absolute Gasteiger partial charge is 0.197 e. The molecule has 0 aromatic carbocycles. The van der Waals surface area contributed by atoms with Crippen molar-refractivity contribution >= 4 is 89.2 Å². The van der Waals surface area contributed by atoms with Gasteiger partial charge in [0, 0.05) is 77.1 Å². The minimum Gasteiger partial charge on any atom is -0.197 e. The van der Waals surface area contributed by atoms with Crippen LogP contribution in [-0.4, -0.2) is 0 Å². The van der Waals surface area contributed by atoms with Gasteiger partial charge in [0.05, 0.1) is 0 Å². The predicted molar refractivity (Wildman–Crippen MR) is 71.4 cm³/mol. The van der Waals surface area contributed by atoms with Crippen LogP contribution in [0.3, 0.4) is 0 Å². The van der Waals surface area contributed by atoms with Crippen LogP contribution in [0, 0.1) is 0 Å². The fourth-order valence-corrected chi connectivity index (χ4v) is 11.0. The van der Waals surface area contributed by atoms with Crippen molar-refractivity contribution in [2.75, 3.05) is 0 Å². The van der Waals surface area contributed by atoms with Gasteiger partial charge in [-0.1, -0.05) is 0 Å². The Labute approximate surface area is 89.3 Å². The second kappa shape index (κ2) is 12.8. The van der Waals surface area contributed by atoms with E-state index in [-0.39, 0.29) is 14.9 Å². The number of hydrogen-bond donors (Lipinski definition) is 0. The average molecular weight is 293 g/mol. The summed E-state index contributed by atoms with van der Waals surface area (Å²) in [6.07, 6.45) is 0. The third-order valence-corrected chi connectivity index (χ3v) is 11.2. The molecule has 0 saturated carbocycles. The second-order valence-corrected chi connectivity index (χ2v) is 11.0. The summed E-state index contributed by atoms with van der Waals surface area (Å²) in [5, 5.41) is 0. The molecule has 0 aliphatic rings. The maximum atomic E-state index is 4.60. The Morgan fingerprint density at radius 3 is 1.33 bits per heavy atom. The Hall–Kier alpha value is 2.11. The van der Waals surface area contributed by atoms with Crippen LogP contribution in [-0.2, 0) is 75.7 Å². The highest BCUT2D eigenvalue weighted by molar-refractivity contribution is 8.70. The molecule has 0 heterocycles. The van der Waals surface area contributed by atoms with Crippen LogP contribution in [0.5, 0.6) is 0 Å². The van der Waals surface area contributed by atoms with Crippen molar-refractivity contribution in [3.8, 4) is 0 Å². The lowest BCUT2D eigenvalue weighted by molar-refractivity contribution is 6.04. The molecular weight excluding hydrogens is 289 g/mol. The summed E-state index contributed by atoms with van der Waals surface area (Å²) in [6, 6.07) is 0. The maximum Gasteiger partial charge on any atom is 0 e. The zero-order valence-corrected chi connectivity index (χ0v) is 11.3. The van der Waals surface area contributed by atoms with E-state index in [1.807, 2.05) is 0 Å². The Morgan fingerprint density at radius 1 is 0.778 bits per heavy atom. The van der Waals surface area contributed by atoms with Crippen LogP contribution in [0.25, 0.3) is 0 Å². The molecule has 0 atom stereocenters. The van der Waals surface area contributed by atoms with Crippen molar-refractivity contribution in [3.05, 3.63) is 0 Å². The molecule has 0 aromatic rings. The van der Waals surface area contributed by atoms with Gasteiger partial charge in [0.2, 0.25) is 0 Å². The van der Waals surface area contributed by atoms with Crippen LogP contribution < -0.4 is 0 Å². The van der Waals surface area contributed by atoms with Gasteiger partial charge in [-0.05, 0) is 0 Å². The van der Waals surface area contributed by atoms with E-state index in [1.54, 1.807) is 35.5 Å². The lowest BCUT2D eigenvalue weighted by Gasteiger charge is -1.33. The normalized spacial score (nSPS) is 5.78. The Bertz CT molecular complexity index is 234. The second-order valence-electron chi connectivity index (χ2n) is 0.408. The molecule has 0 unspecified atom stereocenters. The molecule has 0 saturated heterocycles. The summed E-state index contributed by atoms with van der Waals surface area (Å²) in [7, 11) is 9.12. The molecule has 9 heteroatoms. The SMILES string of the molecule is S.S=S=S=S=S=S=S=S.[HH]. The van der Waals surface area contributed by atoms with Crippen molar-refractivity contribution in [2.24, 2.45) is 0 Å². The molecule has 0 aromatic heterocycles. The average Bonchev–Trinajstić information content (AvgIpc) is 1.81. The lowest BCUT2D eigenvalue weighted by atomic mass is 30.7. The quantitative estimate of drug-likeness (QED) is 0.631. The summed E-state index contributed by atoms with van der Waals surface area (Å²) >= 11 is 9.21. The van der Waals surface area contributed by atoms with Gasteiger partial charge in [-0.2, -0.15) is 13.5 Å². The van der Waals surface area contributed by atoms with Gasteiger partial charge < -0.3 is 0 Å². The summed E-state index contributed by atoms with van der Waals surface area (Å²) < 4.78 is 0. The first-order valence-electron chi connectivity index (χ1n) is 1.17. The molecule has 0 spiro atoms. The maximum absolute atomic E-state index is 4.60. The zero-order valence-electron chi connectivity index (χ0n) is 3.77. The van der Waals surface area contributed by atoms with Crippen molar-refractivity contribution in [3.63, 3.8) is 0 Å². The van der Waals surface area contributed by atoms with E-state index in [4.69, 9.17) is 0 Å².